The minimum absolute atomic E-state index is 0.106. The molecule has 0 amide bonds. The molecule has 0 aliphatic heterocycles. The van der Waals surface area contributed by atoms with Crippen LogP contribution in [0.15, 0.2) is 48.7 Å². The molecule has 0 unspecified atom stereocenters. The highest BCUT2D eigenvalue weighted by molar-refractivity contribution is 5.65. The number of benzene rings is 2. The fraction of sp³-hybridized carbons (Fsp3) is 0.440. The van der Waals surface area contributed by atoms with Gasteiger partial charge in [-0.3, -0.25) is 0 Å². The Morgan fingerprint density at radius 2 is 1.43 bits per heavy atom. The molecule has 0 N–H and O–H groups in total. The fourth-order valence-corrected chi connectivity index (χ4v) is 3.30. The van der Waals surface area contributed by atoms with E-state index in [1.165, 1.54) is 69.3 Å². The molecule has 0 radical (unpaired) electrons. The highest BCUT2D eigenvalue weighted by Gasteiger charge is 2.15. The van der Waals surface area contributed by atoms with Gasteiger partial charge in [0.15, 0.2) is 11.6 Å². The first-order valence-electron chi connectivity index (χ1n) is 10.5. The second-order valence-electron chi connectivity index (χ2n) is 7.25. The summed E-state index contributed by atoms with van der Waals surface area (Å²) in [7, 11) is 0. The van der Waals surface area contributed by atoms with E-state index in [1.807, 2.05) is 24.3 Å². The zero-order valence-corrected chi connectivity index (χ0v) is 17.1. The van der Waals surface area contributed by atoms with Gasteiger partial charge in [0.05, 0.1) is 6.26 Å². The molecule has 0 fully saturated rings. The summed E-state index contributed by atoms with van der Waals surface area (Å²) in [6, 6.07) is 10.8. The van der Waals surface area contributed by atoms with Crippen molar-refractivity contribution in [3.63, 3.8) is 0 Å². The molecule has 0 spiro atoms. The zero-order valence-electron chi connectivity index (χ0n) is 17.1. The van der Waals surface area contributed by atoms with Crippen LogP contribution < -0.4 is 4.74 Å². The van der Waals surface area contributed by atoms with Crippen LogP contribution in [0.2, 0.25) is 0 Å². The van der Waals surface area contributed by atoms with E-state index in [1.54, 1.807) is 19.1 Å². The summed E-state index contributed by atoms with van der Waals surface area (Å²) >= 11 is 0. The second-order valence-corrected chi connectivity index (χ2v) is 7.25. The molecule has 2 aromatic rings. The average Bonchev–Trinajstić information content (AvgIpc) is 2.72. The summed E-state index contributed by atoms with van der Waals surface area (Å²) in [6.07, 6.45) is 14.4. The molecule has 3 heteroatoms. The van der Waals surface area contributed by atoms with Crippen molar-refractivity contribution in [2.75, 3.05) is 0 Å². The van der Waals surface area contributed by atoms with Crippen molar-refractivity contribution in [3.05, 3.63) is 65.9 Å². The van der Waals surface area contributed by atoms with Gasteiger partial charge in [0.2, 0.25) is 5.82 Å². The summed E-state index contributed by atoms with van der Waals surface area (Å²) in [5, 5.41) is 0. The monoisotopic (exact) mass is 386 g/mol. The lowest BCUT2D eigenvalue weighted by molar-refractivity contribution is 0.415. The van der Waals surface area contributed by atoms with Gasteiger partial charge in [-0.1, -0.05) is 82.2 Å². The Labute approximate surface area is 168 Å². The lowest BCUT2D eigenvalue weighted by Gasteiger charge is -2.09. The van der Waals surface area contributed by atoms with E-state index in [-0.39, 0.29) is 11.3 Å². The van der Waals surface area contributed by atoms with Crippen LogP contribution in [-0.2, 0) is 6.42 Å². The predicted octanol–water partition coefficient (Wildman–Crippen LogP) is 8.23. The van der Waals surface area contributed by atoms with E-state index >= 15 is 0 Å². The molecule has 0 aromatic heterocycles. The van der Waals surface area contributed by atoms with E-state index < -0.39 is 11.6 Å². The SMILES string of the molecule is C/C=C/Oc1ccc(-c2ccc(CCCCCCCCCC)cc2)c(F)c1F. The van der Waals surface area contributed by atoms with Gasteiger partial charge in [-0.15, -0.1) is 0 Å². The summed E-state index contributed by atoms with van der Waals surface area (Å²) in [4.78, 5) is 0. The molecule has 2 aromatic carbocycles. The zero-order chi connectivity index (χ0) is 20.2. The van der Waals surface area contributed by atoms with Crippen LogP contribution in [0.5, 0.6) is 5.75 Å². The third-order valence-corrected chi connectivity index (χ3v) is 4.96. The Balaban J connectivity index is 1.86. The Morgan fingerprint density at radius 3 is 2.07 bits per heavy atom. The first kappa shape index (κ1) is 22.1. The maximum Gasteiger partial charge on any atom is 0.201 e. The van der Waals surface area contributed by atoms with Gasteiger partial charge in [-0.25, -0.2) is 4.39 Å². The maximum absolute atomic E-state index is 14.4. The number of hydrogen-bond donors (Lipinski definition) is 0. The van der Waals surface area contributed by atoms with Gasteiger partial charge in [0.1, 0.15) is 0 Å². The average molecular weight is 387 g/mol. The number of ether oxygens (including phenoxy) is 1. The Bertz CT molecular complexity index is 735. The lowest BCUT2D eigenvalue weighted by Crippen LogP contribution is -1.95. The molecule has 0 saturated carbocycles. The van der Waals surface area contributed by atoms with Gasteiger partial charge >= 0.3 is 0 Å². The summed E-state index contributed by atoms with van der Waals surface area (Å²) in [5.74, 6) is -1.94. The van der Waals surface area contributed by atoms with Crippen molar-refractivity contribution >= 4 is 0 Å². The van der Waals surface area contributed by atoms with Crippen molar-refractivity contribution in [3.8, 4) is 16.9 Å². The van der Waals surface area contributed by atoms with Crippen molar-refractivity contribution in [1.29, 1.82) is 0 Å². The van der Waals surface area contributed by atoms with Gasteiger partial charge in [0, 0.05) is 5.56 Å². The van der Waals surface area contributed by atoms with Crippen LogP contribution in [0, 0.1) is 11.6 Å². The third kappa shape index (κ3) is 6.78. The summed E-state index contributed by atoms with van der Waals surface area (Å²) < 4.78 is 33.6. The van der Waals surface area contributed by atoms with E-state index in [4.69, 9.17) is 4.74 Å². The minimum atomic E-state index is -0.960. The third-order valence-electron chi connectivity index (χ3n) is 4.96. The molecular formula is C25H32F2O. The lowest BCUT2D eigenvalue weighted by atomic mass is 10.00. The number of allylic oxidation sites excluding steroid dienone is 1. The number of rotatable bonds is 12. The van der Waals surface area contributed by atoms with Gasteiger partial charge in [-0.05, 0) is 43.0 Å². The van der Waals surface area contributed by atoms with Crippen molar-refractivity contribution in [2.24, 2.45) is 0 Å². The summed E-state index contributed by atoms with van der Waals surface area (Å²) in [6.45, 7) is 3.99. The predicted molar refractivity (Wildman–Crippen MR) is 114 cm³/mol. The molecular weight excluding hydrogens is 354 g/mol. The number of unbranched alkanes of at least 4 members (excludes halogenated alkanes) is 7. The second kappa shape index (κ2) is 12.3. The standard InChI is InChI=1S/C25H32F2O/c1-3-5-6-7-8-9-10-11-12-20-13-15-21(16-14-20)22-17-18-23(28-19-4-2)25(27)24(22)26/h4,13-19H,3,5-12H2,1-2H3/b19-4+. The molecule has 28 heavy (non-hydrogen) atoms. The Hall–Kier alpha value is -2.16. The van der Waals surface area contributed by atoms with Gasteiger partial charge in [0.25, 0.3) is 0 Å². The highest BCUT2D eigenvalue weighted by Crippen LogP contribution is 2.30. The normalized spacial score (nSPS) is 11.3. The molecule has 2 rings (SSSR count). The van der Waals surface area contributed by atoms with Crippen LogP contribution in [0.4, 0.5) is 8.78 Å². The van der Waals surface area contributed by atoms with E-state index in [2.05, 4.69) is 6.92 Å². The first-order valence-corrected chi connectivity index (χ1v) is 10.5. The van der Waals surface area contributed by atoms with Crippen LogP contribution >= 0.6 is 0 Å². The van der Waals surface area contributed by atoms with Crippen LogP contribution in [-0.4, -0.2) is 0 Å². The van der Waals surface area contributed by atoms with E-state index in [9.17, 15) is 8.78 Å². The van der Waals surface area contributed by atoms with Crippen LogP contribution in [0.1, 0.15) is 70.8 Å². The Kier molecular flexibility index (Phi) is 9.74. The molecule has 0 bridgehead atoms. The highest BCUT2D eigenvalue weighted by atomic mass is 19.2. The molecule has 1 nitrogen and oxygen atoms in total. The molecule has 152 valence electrons. The maximum atomic E-state index is 14.4. The topological polar surface area (TPSA) is 9.23 Å². The van der Waals surface area contributed by atoms with E-state index in [0.717, 1.165) is 6.42 Å². The van der Waals surface area contributed by atoms with Crippen LogP contribution in [0.3, 0.4) is 0 Å². The molecule has 0 aliphatic rings. The number of hydrogen-bond acceptors (Lipinski definition) is 1. The number of halogens is 2. The largest absolute Gasteiger partial charge is 0.462 e. The minimum Gasteiger partial charge on any atom is -0.462 e. The van der Waals surface area contributed by atoms with Crippen molar-refractivity contribution in [1.82, 2.24) is 0 Å². The summed E-state index contributed by atoms with van der Waals surface area (Å²) in [5.41, 5.74) is 2.17. The van der Waals surface area contributed by atoms with E-state index in [0.29, 0.717) is 5.56 Å². The molecule has 0 heterocycles. The molecule has 0 aliphatic carbocycles. The first-order chi connectivity index (χ1) is 13.7. The quantitative estimate of drug-likeness (QED) is 0.264. The van der Waals surface area contributed by atoms with Crippen molar-refractivity contribution < 1.29 is 13.5 Å². The van der Waals surface area contributed by atoms with Crippen molar-refractivity contribution in [2.45, 2.75) is 71.6 Å². The molecule has 0 atom stereocenters. The smallest absolute Gasteiger partial charge is 0.201 e. The fourth-order valence-electron chi connectivity index (χ4n) is 3.30. The van der Waals surface area contributed by atoms with Gasteiger partial charge in [-0.2, -0.15) is 4.39 Å². The Morgan fingerprint density at radius 1 is 0.786 bits per heavy atom. The van der Waals surface area contributed by atoms with Gasteiger partial charge < -0.3 is 4.74 Å². The van der Waals surface area contributed by atoms with Crippen LogP contribution in [0.25, 0.3) is 11.1 Å². The molecule has 0 saturated heterocycles. The number of aryl methyl sites for hydroxylation is 1.